The highest BCUT2D eigenvalue weighted by Crippen LogP contribution is 2.31. The van der Waals surface area contributed by atoms with Crippen LogP contribution in [-0.2, 0) is 10.9 Å². The fourth-order valence-corrected chi connectivity index (χ4v) is 1.83. The van der Waals surface area contributed by atoms with Gasteiger partial charge >= 0.3 is 11.9 Å². The van der Waals surface area contributed by atoms with Crippen molar-refractivity contribution < 1.29 is 28.1 Å². The number of alkyl halides is 3. The Labute approximate surface area is 105 Å². The highest BCUT2D eigenvalue weighted by atomic mass is 19.4. The van der Waals surface area contributed by atoms with Gasteiger partial charge in [0.05, 0.1) is 18.3 Å². The lowest BCUT2D eigenvalue weighted by molar-refractivity contribution is -0.138. The van der Waals surface area contributed by atoms with Crippen molar-refractivity contribution in [3.8, 4) is 0 Å². The van der Waals surface area contributed by atoms with Crippen LogP contribution in [0.15, 0.2) is 17.2 Å². The first-order valence-electron chi connectivity index (χ1n) is 5.42. The molecule has 0 radical (unpaired) electrons. The monoisotopic (exact) mass is 280 g/mol. The second-order valence-corrected chi connectivity index (χ2v) is 4.15. The van der Waals surface area contributed by atoms with Gasteiger partial charge in [0, 0.05) is 18.8 Å². The molecule has 1 aliphatic rings. The van der Waals surface area contributed by atoms with E-state index in [1.807, 2.05) is 0 Å². The van der Waals surface area contributed by atoms with Crippen LogP contribution in [0.1, 0.15) is 18.2 Å². The molecule has 3 atom stereocenters. The van der Waals surface area contributed by atoms with Crippen molar-refractivity contribution in [2.45, 2.75) is 31.0 Å². The summed E-state index contributed by atoms with van der Waals surface area (Å²) < 4.78 is 43.3. The average molecular weight is 280 g/mol. The number of aliphatic hydroxyl groups excluding tert-OH is 2. The Balaban J connectivity index is 2.33. The maximum Gasteiger partial charge on any atom is 0.419 e. The molecule has 0 aliphatic carbocycles. The molecule has 2 rings (SSSR count). The lowest BCUT2D eigenvalue weighted by atomic mass is 10.2. The van der Waals surface area contributed by atoms with E-state index in [9.17, 15) is 23.1 Å². The zero-order valence-electron chi connectivity index (χ0n) is 9.54. The molecule has 9 heteroatoms. The molecule has 0 amide bonds. The molecule has 0 bridgehead atoms. The zero-order valence-corrected chi connectivity index (χ0v) is 9.54. The first-order valence-corrected chi connectivity index (χ1v) is 5.42. The third-order valence-corrected chi connectivity index (χ3v) is 2.83. The van der Waals surface area contributed by atoms with Crippen molar-refractivity contribution in [3.05, 3.63) is 28.4 Å². The van der Waals surface area contributed by atoms with Crippen molar-refractivity contribution in [3.63, 3.8) is 0 Å². The third-order valence-electron chi connectivity index (χ3n) is 2.83. The van der Waals surface area contributed by atoms with Gasteiger partial charge in [0.25, 0.3) is 0 Å². The van der Waals surface area contributed by atoms with Gasteiger partial charge < -0.3 is 14.9 Å². The largest absolute Gasteiger partial charge is 0.419 e. The Hall–Kier alpha value is -1.45. The molecule has 0 spiro atoms. The first kappa shape index (κ1) is 14.0. The molecule has 1 aliphatic heterocycles. The molecular weight excluding hydrogens is 269 g/mol. The molecule has 2 N–H and O–H groups in total. The lowest BCUT2D eigenvalue weighted by Gasteiger charge is -2.15. The van der Waals surface area contributed by atoms with Crippen LogP contribution in [0.3, 0.4) is 0 Å². The number of halogens is 3. The Morgan fingerprint density at radius 3 is 2.74 bits per heavy atom. The molecule has 106 valence electrons. The lowest BCUT2D eigenvalue weighted by Crippen LogP contribution is -2.29. The average Bonchev–Trinajstić information content (AvgIpc) is 2.69. The SMILES string of the molecule is O=c1ncc(C(F)(F)F)cn1[C@H]1C[C@H](O)[C@@H](CO)O1. The molecule has 0 unspecified atom stereocenters. The molecular formula is C10H11F3N2O4. The zero-order chi connectivity index (χ0) is 14.2. The van der Waals surface area contributed by atoms with E-state index >= 15 is 0 Å². The summed E-state index contributed by atoms with van der Waals surface area (Å²) in [6, 6.07) is 0. The van der Waals surface area contributed by atoms with Gasteiger partial charge in [0.1, 0.15) is 12.3 Å². The Bertz CT molecular complexity index is 516. The molecule has 1 aromatic rings. The van der Waals surface area contributed by atoms with Gasteiger partial charge in [0.2, 0.25) is 0 Å². The quantitative estimate of drug-likeness (QED) is 0.790. The van der Waals surface area contributed by atoms with E-state index in [-0.39, 0.29) is 6.42 Å². The summed E-state index contributed by atoms with van der Waals surface area (Å²) >= 11 is 0. The summed E-state index contributed by atoms with van der Waals surface area (Å²) in [6.07, 6.45) is -6.73. The molecule has 1 fully saturated rings. The van der Waals surface area contributed by atoms with E-state index in [0.29, 0.717) is 17.0 Å². The number of hydrogen-bond acceptors (Lipinski definition) is 5. The van der Waals surface area contributed by atoms with E-state index in [1.54, 1.807) is 0 Å². The topological polar surface area (TPSA) is 84.6 Å². The van der Waals surface area contributed by atoms with E-state index in [0.717, 1.165) is 0 Å². The van der Waals surface area contributed by atoms with E-state index in [2.05, 4.69) is 4.98 Å². The predicted molar refractivity (Wildman–Crippen MR) is 55.1 cm³/mol. The summed E-state index contributed by atoms with van der Waals surface area (Å²) in [5, 5.41) is 18.4. The number of hydrogen-bond donors (Lipinski definition) is 2. The van der Waals surface area contributed by atoms with Crippen molar-refractivity contribution in [2.75, 3.05) is 6.61 Å². The number of rotatable bonds is 2. The molecule has 2 heterocycles. The van der Waals surface area contributed by atoms with Gasteiger partial charge in [-0.05, 0) is 0 Å². The van der Waals surface area contributed by atoms with Crippen LogP contribution in [-0.4, -0.2) is 38.6 Å². The third kappa shape index (κ3) is 2.77. The maximum atomic E-state index is 12.5. The van der Waals surface area contributed by atoms with Crippen LogP contribution in [0.4, 0.5) is 13.2 Å². The Morgan fingerprint density at radius 2 is 2.21 bits per heavy atom. The van der Waals surface area contributed by atoms with Crippen LogP contribution in [0, 0.1) is 0 Å². The summed E-state index contributed by atoms with van der Waals surface area (Å²) in [4.78, 5) is 14.6. The van der Waals surface area contributed by atoms with Gasteiger partial charge in [-0.2, -0.15) is 13.2 Å². The van der Waals surface area contributed by atoms with Crippen molar-refractivity contribution in [2.24, 2.45) is 0 Å². The van der Waals surface area contributed by atoms with Gasteiger partial charge in [-0.3, -0.25) is 4.57 Å². The molecule has 0 saturated carbocycles. The second-order valence-electron chi connectivity index (χ2n) is 4.15. The van der Waals surface area contributed by atoms with Crippen molar-refractivity contribution >= 4 is 0 Å². The molecule has 1 saturated heterocycles. The Morgan fingerprint density at radius 1 is 1.53 bits per heavy atom. The normalized spacial score (nSPS) is 27.7. The smallest absolute Gasteiger partial charge is 0.394 e. The van der Waals surface area contributed by atoms with Gasteiger partial charge in [0.15, 0.2) is 0 Å². The molecule has 19 heavy (non-hydrogen) atoms. The minimum Gasteiger partial charge on any atom is -0.394 e. The van der Waals surface area contributed by atoms with E-state index in [1.165, 1.54) is 0 Å². The summed E-state index contributed by atoms with van der Waals surface area (Å²) in [7, 11) is 0. The Kier molecular flexibility index (Phi) is 3.61. The van der Waals surface area contributed by atoms with Crippen LogP contribution in [0.5, 0.6) is 0 Å². The van der Waals surface area contributed by atoms with Crippen molar-refractivity contribution in [1.29, 1.82) is 0 Å². The van der Waals surface area contributed by atoms with Gasteiger partial charge in [-0.15, -0.1) is 0 Å². The van der Waals surface area contributed by atoms with E-state index < -0.39 is 42.5 Å². The fourth-order valence-electron chi connectivity index (χ4n) is 1.83. The van der Waals surface area contributed by atoms with Gasteiger partial charge in [-0.25, -0.2) is 9.78 Å². The van der Waals surface area contributed by atoms with Gasteiger partial charge in [-0.1, -0.05) is 0 Å². The minimum absolute atomic E-state index is 0.0892. The highest BCUT2D eigenvalue weighted by molar-refractivity contribution is 5.08. The van der Waals surface area contributed by atoms with Crippen LogP contribution < -0.4 is 5.69 Å². The van der Waals surface area contributed by atoms with Crippen LogP contribution in [0.2, 0.25) is 0 Å². The highest BCUT2D eigenvalue weighted by Gasteiger charge is 2.37. The van der Waals surface area contributed by atoms with Crippen LogP contribution in [0.25, 0.3) is 0 Å². The number of nitrogens with zero attached hydrogens (tertiary/aromatic N) is 2. The molecule has 0 aromatic carbocycles. The number of aliphatic hydroxyl groups is 2. The number of aromatic nitrogens is 2. The predicted octanol–water partition coefficient (Wildman–Crippen LogP) is -0.0972. The summed E-state index contributed by atoms with van der Waals surface area (Å²) in [6.45, 7) is -0.487. The maximum absolute atomic E-state index is 12.5. The summed E-state index contributed by atoms with van der Waals surface area (Å²) in [5.41, 5.74) is -2.00. The second kappa shape index (κ2) is 4.91. The summed E-state index contributed by atoms with van der Waals surface area (Å²) in [5.74, 6) is 0. The fraction of sp³-hybridized carbons (Fsp3) is 0.600. The minimum atomic E-state index is -4.63. The van der Waals surface area contributed by atoms with Crippen LogP contribution >= 0.6 is 0 Å². The first-order chi connectivity index (χ1) is 8.82. The molecule has 1 aromatic heterocycles. The number of ether oxygens (including phenoxy) is 1. The van der Waals surface area contributed by atoms with Crippen molar-refractivity contribution in [1.82, 2.24) is 9.55 Å². The standard InChI is InChI=1S/C10H11F3N2O4/c11-10(12,13)5-2-14-9(18)15(3-5)8-1-6(17)7(4-16)19-8/h2-3,6-8,16-17H,1,4H2/t6-,7+,8+/m0/s1. The molecule has 6 nitrogen and oxygen atoms in total. The van der Waals surface area contributed by atoms with E-state index in [4.69, 9.17) is 9.84 Å².